The first kappa shape index (κ1) is 42.7. The summed E-state index contributed by atoms with van der Waals surface area (Å²) in [5.41, 5.74) is -1.83. The topological polar surface area (TPSA) is 114 Å². The number of carbonyl (C=O) groups excluding carboxylic acids is 1. The van der Waals surface area contributed by atoms with Crippen molar-refractivity contribution in [2.24, 2.45) is 0 Å². The summed E-state index contributed by atoms with van der Waals surface area (Å²) < 4.78 is 78.9. The molecule has 0 aliphatic rings. The molecular formula is C40H55F3N4O6S. The number of nitrogens with zero attached hydrogens (tertiary/aromatic N) is 2. The number of fused-ring (bicyclic) bond motifs is 1. The number of hydrogen-bond acceptors (Lipinski definition) is 7. The van der Waals surface area contributed by atoms with Gasteiger partial charge in [-0.15, -0.1) is 0 Å². The highest BCUT2D eigenvalue weighted by molar-refractivity contribution is 7.92. The number of rotatable bonds is 21. The minimum atomic E-state index is -5.07. The number of esters is 1. The standard InChI is InChI=1S/C40H55F3N4O6S/c1-7-8-9-10-11-12-13-14-15-16-17-21-27-51-46(5)53-37-33(40(41,42)43)32(38(48)52-39(2,3)4)36-44-34(29-23-19-18-20-24-29)35(47(36)37)30-25-22-26-31(28-30)45-54(6,49)50/h18-20,22-26,28,44-45H,7-17,21,27H2,1-6H3. The number of hydrogen-bond donors (Lipinski definition) is 2. The Morgan fingerprint density at radius 1 is 0.852 bits per heavy atom. The van der Waals surface area contributed by atoms with Gasteiger partial charge in [0.05, 0.1) is 31.3 Å². The van der Waals surface area contributed by atoms with Gasteiger partial charge in [-0.2, -0.15) is 13.2 Å². The molecule has 0 aliphatic heterocycles. The molecule has 0 fully saturated rings. The lowest BCUT2D eigenvalue weighted by molar-refractivity contribution is -0.304. The van der Waals surface area contributed by atoms with Gasteiger partial charge in [-0.05, 0) is 44.6 Å². The minimum absolute atomic E-state index is 0.179. The van der Waals surface area contributed by atoms with E-state index in [1.54, 1.807) is 63.2 Å². The highest BCUT2D eigenvalue weighted by atomic mass is 32.2. The molecule has 298 valence electrons. The van der Waals surface area contributed by atoms with Crippen molar-refractivity contribution in [1.82, 2.24) is 14.6 Å². The van der Waals surface area contributed by atoms with Crippen molar-refractivity contribution in [3.05, 3.63) is 65.7 Å². The van der Waals surface area contributed by atoms with Crippen LogP contribution in [0.2, 0.25) is 0 Å². The van der Waals surface area contributed by atoms with Gasteiger partial charge in [0, 0.05) is 16.8 Å². The normalized spacial score (nSPS) is 12.5. The Morgan fingerprint density at radius 2 is 1.43 bits per heavy atom. The highest BCUT2D eigenvalue weighted by Gasteiger charge is 2.46. The number of hydroxylamine groups is 2. The summed E-state index contributed by atoms with van der Waals surface area (Å²) in [6.07, 6.45) is 9.77. The molecule has 2 heterocycles. The van der Waals surface area contributed by atoms with Gasteiger partial charge in [0.25, 0.3) is 0 Å². The van der Waals surface area contributed by atoms with Crippen LogP contribution in [0.15, 0.2) is 54.6 Å². The molecule has 10 nitrogen and oxygen atoms in total. The zero-order chi connectivity index (χ0) is 39.5. The number of ether oxygens (including phenoxy) is 1. The molecule has 2 aromatic carbocycles. The van der Waals surface area contributed by atoms with Crippen LogP contribution in [0.25, 0.3) is 28.2 Å². The van der Waals surface area contributed by atoms with E-state index >= 15 is 13.2 Å². The number of benzene rings is 2. The van der Waals surface area contributed by atoms with Crippen LogP contribution < -0.4 is 9.56 Å². The number of nitrogens with one attached hydrogen (secondary N) is 2. The lowest BCUT2D eigenvalue weighted by Crippen LogP contribution is -2.27. The first-order valence-corrected chi connectivity index (χ1v) is 20.7. The Balaban J connectivity index is 1.69. The Morgan fingerprint density at radius 3 is 1.98 bits per heavy atom. The van der Waals surface area contributed by atoms with Crippen LogP contribution in [0, 0.1) is 0 Å². The van der Waals surface area contributed by atoms with E-state index in [0.29, 0.717) is 23.2 Å². The minimum Gasteiger partial charge on any atom is -0.456 e. The average molecular weight is 777 g/mol. The molecule has 0 radical (unpaired) electrons. The number of sulfonamides is 1. The van der Waals surface area contributed by atoms with E-state index in [4.69, 9.17) is 14.4 Å². The molecule has 0 saturated heterocycles. The number of halogens is 3. The second-order valence-corrected chi connectivity index (χ2v) is 16.4. The van der Waals surface area contributed by atoms with Gasteiger partial charge in [0.15, 0.2) is 0 Å². The van der Waals surface area contributed by atoms with Crippen molar-refractivity contribution in [2.45, 2.75) is 117 Å². The van der Waals surface area contributed by atoms with Crippen LogP contribution >= 0.6 is 0 Å². The van der Waals surface area contributed by atoms with Gasteiger partial charge < -0.3 is 14.6 Å². The molecule has 0 saturated carbocycles. The largest absolute Gasteiger partial charge is 0.456 e. The predicted octanol–water partition coefficient (Wildman–Crippen LogP) is 10.8. The Hall–Kier alpha value is -4.01. The Kier molecular flexibility index (Phi) is 15.1. The molecule has 0 aliphatic carbocycles. The molecule has 0 amide bonds. The second-order valence-electron chi connectivity index (χ2n) is 14.7. The van der Waals surface area contributed by atoms with E-state index in [0.717, 1.165) is 30.7 Å². The third-order valence-corrected chi connectivity index (χ3v) is 9.31. The lowest BCUT2D eigenvalue weighted by atomic mass is 10.0. The molecule has 2 aromatic heterocycles. The lowest BCUT2D eigenvalue weighted by Gasteiger charge is -2.21. The van der Waals surface area contributed by atoms with Gasteiger partial charge >= 0.3 is 12.1 Å². The van der Waals surface area contributed by atoms with Gasteiger partial charge in [0.2, 0.25) is 15.9 Å². The summed E-state index contributed by atoms with van der Waals surface area (Å²) >= 11 is 0. The van der Waals surface area contributed by atoms with E-state index < -0.39 is 44.8 Å². The summed E-state index contributed by atoms with van der Waals surface area (Å²) in [7, 11) is -2.33. The SMILES string of the molecule is CCCCCCCCCCCCCCON(C)Oc1c(C(F)(F)F)c(C(=O)OC(C)(C)C)c2[nH]c(-c3ccccc3)c(-c3cccc(NS(C)(=O)=O)c3)n12. The number of anilines is 1. The molecule has 0 bridgehead atoms. The third-order valence-electron chi connectivity index (χ3n) is 8.71. The first-order valence-electron chi connectivity index (χ1n) is 18.8. The summed E-state index contributed by atoms with van der Waals surface area (Å²) in [6.45, 7) is 7.12. The van der Waals surface area contributed by atoms with E-state index in [9.17, 15) is 13.2 Å². The van der Waals surface area contributed by atoms with Crippen molar-refractivity contribution in [3.63, 3.8) is 0 Å². The van der Waals surface area contributed by atoms with Gasteiger partial charge in [-0.25, -0.2) is 13.2 Å². The number of unbranched alkanes of at least 4 members (excludes halogenated alkanes) is 11. The van der Waals surface area contributed by atoms with Crippen molar-refractivity contribution in [2.75, 3.05) is 24.6 Å². The highest BCUT2D eigenvalue weighted by Crippen LogP contribution is 2.47. The predicted molar refractivity (Wildman–Crippen MR) is 207 cm³/mol. The molecule has 0 spiro atoms. The maximum absolute atomic E-state index is 15.2. The Bertz CT molecular complexity index is 1920. The van der Waals surface area contributed by atoms with Crippen molar-refractivity contribution >= 4 is 27.3 Å². The molecule has 2 N–H and O–H groups in total. The zero-order valence-corrected chi connectivity index (χ0v) is 33.1. The second kappa shape index (κ2) is 19.0. The van der Waals surface area contributed by atoms with Crippen LogP contribution in [0.4, 0.5) is 18.9 Å². The molecule has 0 atom stereocenters. The van der Waals surface area contributed by atoms with Gasteiger partial charge in [-0.1, -0.05) is 120 Å². The maximum Gasteiger partial charge on any atom is 0.422 e. The number of H-pyrrole nitrogens is 1. The van der Waals surface area contributed by atoms with Crippen LogP contribution in [0.3, 0.4) is 0 Å². The summed E-state index contributed by atoms with van der Waals surface area (Å²) in [5, 5.41) is 0.870. The first-order chi connectivity index (χ1) is 25.5. The van der Waals surface area contributed by atoms with Crippen molar-refractivity contribution in [1.29, 1.82) is 0 Å². The van der Waals surface area contributed by atoms with Crippen LogP contribution in [-0.2, 0) is 25.8 Å². The zero-order valence-electron chi connectivity index (χ0n) is 32.3. The number of aromatic amines is 1. The number of imidazole rings is 1. The van der Waals surface area contributed by atoms with Crippen LogP contribution in [0.1, 0.15) is 121 Å². The van der Waals surface area contributed by atoms with E-state index in [-0.39, 0.29) is 23.6 Å². The quantitative estimate of drug-likeness (QED) is 0.0492. The van der Waals surface area contributed by atoms with Crippen LogP contribution in [-0.4, -0.2) is 54.5 Å². The maximum atomic E-state index is 15.2. The Labute approximate surface area is 317 Å². The summed E-state index contributed by atoms with van der Waals surface area (Å²) in [6, 6.07) is 15.1. The molecule has 54 heavy (non-hydrogen) atoms. The molecular weight excluding hydrogens is 722 g/mol. The third kappa shape index (κ3) is 12.3. The van der Waals surface area contributed by atoms with Gasteiger partial charge in [-0.3, -0.25) is 14.0 Å². The van der Waals surface area contributed by atoms with E-state index in [1.807, 2.05) is 0 Å². The number of alkyl halides is 3. The fourth-order valence-corrected chi connectivity index (χ4v) is 6.92. The molecule has 4 rings (SSSR count). The van der Waals surface area contributed by atoms with E-state index in [1.165, 1.54) is 74.9 Å². The van der Waals surface area contributed by atoms with E-state index in [2.05, 4.69) is 16.6 Å². The number of carbonyl (C=O) groups is 1. The smallest absolute Gasteiger partial charge is 0.422 e. The average Bonchev–Trinajstić information content (AvgIpc) is 3.61. The van der Waals surface area contributed by atoms with Gasteiger partial charge in [0.1, 0.15) is 22.4 Å². The molecule has 14 heteroatoms. The monoisotopic (exact) mass is 776 g/mol. The van der Waals surface area contributed by atoms with Crippen molar-refractivity contribution in [3.8, 4) is 28.4 Å². The fraction of sp³-hybridized carbons (Fsp3) is 0.525. The fourth-order valence-electron chi connectivity index (χ4n) is 6.36. The number of aromatic nitrogens is 2. The molecule has 4 aromatic rings. The van der Waals surface area contributed by atoms with Crippen molar-refractivity contribution < 1.29 is 40.8 Å². The summed E-state index contributed by atoms with van der Waals surface area (Å²) in [4.78, 5) is 28.4. The summed E-state index contributed by atoms with van der Waals surface area (Å²) in [5.74, 6) is -1.94. The molecule has 0 unspecified atom stereocenters. The van der Waals surface area contributed by atoms with Crippen LogP contribution in [0.5, 0.6) is 5.88 Å².